The molecule has 3 nitrogen and oxygen atoms in total. The normalized spacial score (nSPS) is 12.4. The summed E-state index contributed by atoms with van der Waals surface area (Å²) in [6, 6.07) is 9.46. The van der Waals surface area contributed by atoms with Crippen LogP contribution in [0.3, 0.4) is 0 Å². The Kier molecular flexibility index (Phi) is 4.66. The van der Waals surface area contributed by atoms with Crippen molar-refractivity contribution in [1.29, 1.82) is 0 Å². The van der Waals surface area contributed by atoms with E-state index in [-0.39, 0.29) is 6.04 Å². The molecule has 0 aliphatic heterocycles. The van der Waals surface area contributed by atoms with Gasteiger partial charge in [0, 0.05) is 0 Å². The molecule has 0 spiro atoms. The number of aryl methyl sites for hydroxylation is 1. The average Bonchev–Trinajstić information content (AvgIpc) is 2.83. The summed E-state index contributed by atoms with van der Waals surface area (Å²) in [6.45, 7) is 4.70. The van der Waals surface area contributed by atoms with E-state index >= 15 is 0 Å². The quantitative estimate of drug-likeness (QED) is 0.897. The van der Waals surface area contributed by atoms with E-state index < -0.39 is 0 Å². The zero-order chi connectivity index (χ0) is 13.8. The number of hydrogen-bond acceptors (Lipinski definition) is 3. The van der Waals surface area contributed by atoms with Crippen molar-refractivity contribution in [3.63, 3.8) is 0 Å². The van der Waals surface area contributed by atoms with Crippen LogP contribution >= 0.6 is 15.9 Å². The van der Waals surface area contributed by atoms with Crippen molar-refractivity contribution in [3.8, 4) is 5.75 Å². The lowest BCUT2D eigenvalue weighted by atomic mass is 10.1. The predicted molar refractivity (Wildman–Crippen MR) is 79.4 cm³/mol. The van der Waals surface area contributed by atoms with E-state index in [9.17, 15) is 0 Å². The summed E-state index contributed by atoms with van der Waals surface area (Å²) in [7, 11) is 0. The van der Waals surface area contributed by atoms with Crippen molar-refractivity contribution < 1.29 is 9.15 Å². The van der Waals surface area contributed by atoms with Crippen molar-refractivity contribution >= 4 is 15.9 Å². The van der Waals surface area contributed by atoms with Crippen LogP contribution in [-0.4, -0.2) is 6.61 Å². The molecule has 0 aliphatic carbocycles. The summed E-state index contributed by atoms with van der Waals surface area (Å²) in [5.74, 6) is 2.48. The van der Waals surface area contributed by atoms with E-state index in [0.717, 1.165) is 33.7 Å². The van der Waals surface area contributed by atoms with Crippen LogP contribution in [0.2, 0.25) is 0 Å². The second kappa shape index (κ2) is 6.26. The third-order valence-corrected chi connectivity index (χ3v) is 3.46. The van der Waals surface area contributed by atoms with Crippen LogP contribution in [0.15, 0.2) is 39.2 Å². The van der Waals surface area contributed by atoms with Crippen LogP contribution in [0.1, 0.15) is 36.5 Å². The Morgan fingerprint density at radius 1 is 1.32 bits per heavy atom. The van der Waals surface area contributed by atoms with Gasteiger partial charge in [0.15, 0.2) is 0 Å². The second-order valence-corrected chi connectivity index (χ2v) is 5.32. The zero-order valence-electron chi connectivity index (χ0n) is 11.2. The minimum atomic E-state index is -0.259. The SMILES string of the molecule is CCCOc1ccc(C(N)c2ccc(C)o2)cc1Br. The van der Waals surface area contributed by atoms with Gasteiger partial charge in [0.2, 0.25) is 0 Å². The molecule has 0 radical (unpaired) electrons. The summed E-state index contributed by atoms with van der Waals surface area (Å²) in [5, 5.41) is 0. The molecule has 1 atom stereocenters. The maximum atomic E-state index is 6.19. The highest BCUT2D eigenvalue weighted by Gasteiger charge is 2.14. The van der Waals surface area contributed by atoms with Gasteiger partial charge >= 0.3 is 0 Å². The Bertz CT molecular complexity index is 551. The van der Waals surface area contributed by atoms with Gasteiger partial charge in [-0.2, -0.15) is 0 Å². The van der Waals surface area contributed by atoms with E-state index in [1.54, 1.807) is 0 Å². The molecule has 2 aromatic rings. The lowest BCUT2D eigenvalue weighted by Crippen LogP contribution is -2.11. The molecule has 4 heteroatoms. The first-order valence-electron chi connectivity index (χ1n) is 6.36. The van der Waals surface area contributed by atoms with E-state index in [4.69, 9.17) is 14.9 Å². The van der Waals surface area contributed by atoms with E-state index in [1.165, 1.54) is 0 Å². The van der Waals surface area contributed by atoms with Gasteiger partial charge in [-0.05, 0) is 59.1 Å². The Hall–Kier alpha value is -1.26. The molecule has 1 unspecified atom stereocenters. The first-order chi connectivity index (χ1) is 9.11. The topological polar surface area (TPSA) is 48.4 Å². The molecule has 0 amide bonds. The predicted octanol–water partition coefficient (Wildman–Crippen LogP) is 4.19. The third kappa shape index (κ3) is 3.39. The van der Waals surface area contributed by atoms with Crippen LogP contribution in [0.4, 0.5) is 0 Å². The van der Waals surface area contributed by atoms with Crippen molar-refractivity contribution in [1.82, 2.24) is 0 Å². The van der Waals surface area contributed by atoms with Crippen LogP contribution in [0.25, 0.3) is 0 Å². The minimum Gasteiger partial charge on any atom is -0.492 e. The largest absolute Gasteiger partial charge is 0.492 e. The van der Waals surface area contributed by atoms with Crippen LogP contribution in [-0.2, 0) is 0 Å². The van der Waals surface area contributed by atoms with Gasteiger partial charge in [-0.25, -0.2) is 0 Å². The van der Waals surface area contributed by atoms with Crippen LogP contribution in [0.5, 0.6) is 5.75 Å². The Balaban J connectivity index is 2.19. The number of furan rings is 1. The molecule has 2 N–H and O–H groups in total. The fourth-order valence-electron chi connectivity index (χ4n) is 1.82. The van der Waals surface area contributed by atoms with Gasteiger partial charge in [-0.15, -0.1) is 0 Å². The molecule has 19 heavy (non-hydrogen) atoms. The lowest BCUT2D eigenvalue weighted by Gasteiger charge is -2.12. The van der Waals surface area contributed by atoms with Gasteiger partial charge in [0.25, 0.3) is 0 Å². The maximum absolute atomic E-state index is 6.19. The van der Waals surface area contributed by atoms with E-state index in [2.05, 4.69) is 22.9 Å². The molecule has 1 aromatic carbocycles. The number of ether oxygens (including phenoxy) is 1. The third-order valence-electron chi connectivity index (χ3n) is 2.84. The second-order valence-electron chi connectivity index (χ2n) is 4.46. The minimum absolute atomic E-state index is 0.259. The molecule has 102 valence electrons. The molecule has 1 aromatic heterocycles. The van der Waals surface area contributed by atoms with Gasteiger partial charge in [-0.1, -0.05) is 13.0 Å². The van der Waals surface area contributed by atoms with Gasteiger partial charge in [0.05, 0.1) is 17.1 Å². The van der Waals surface area contributed by atoms with Crippen molar-refractivity contribution in [2.75, 3.05) is 6.61 Å². The van der Waals surface area contributed by atoms with Gasteiger partial charge < -0.3 is 14.9 Å². The van der Waals surface area contributed by atoms with Gasteiger partial charge in [0.1, 0.15) is 17.3 Å². The summed E-state index contributed by atoms with van der Waals surface area (Å²) in [6.07, 6.45) is 0.985. The molecule has 0 saturated heterocycles. The summed E-state index contributed by atoms with van der Waals surface area (Å²) >= 11 is 3.51. The van der Waals surface area contributed by atoms with Crippen molar-refractivity contribution in [3.05, 3.63) is 51.9 Å². The number of benzene rings is 1. The molecule has 0 bridgehead atoms. The van der Waals surface area contributed by atoms with Crippen molar-refractivity contribution in [2.45, 2.75) is 26.3 Å². The fourth-order valence-corrected chi connectivity index (χ4v) is 2.34. The monoisotopic (exact) mass is 323 g/mol. The zero-order valence-corrected chi connectivity index (χ0v) is 12.7. The van der Waals surface area contributed by atoms with E-state index in [0.29, 0.717) is 6.61 Å². The number of hydrogen-bond donors (Lipinski definition) is 1. The number of halogens is 1. The highest BCUT2D eigenvalue weighted by Crippen LogP contribution is 2.30. The van der Waals surface area contributed by atoms with Crippen LogP contribution < -0.4 is 10.5 Å². The summed E-state index contributed by atoms with van der Waals surface area (Å²) < 4.78 is 12.1. The molecule has 0 fully saturated rings. The first-order valence-corrected chi connectivity index (χ1v) is 7.15. The summed E-state index contributed by atoms with van der Waals surface area (Å²) in [5.41, 5.74) is 7.18. The molecule has 1 heterocycles. The molecule has 2 rings (SSSR count). The average molecular weight is 324 g/mol. The Morgan fingerprint density at radius 2 is 2.11 bits per heavy atom. The maximum Gasteiger partial charge on any atom is 0.133 e. The Labute approximate surface area is 121 Å². The number of nitrogens with two attached hydrogens (primary N) is 1. The molecule has 0 aliphatic rings. The molecular formula is C15H18BrNO2. The van der Waals surface area contributed by atoms with Crippen LogP contribution in [0, 0.1) is 6.92 Å². The first kappa shape index (κ1) is 14.2. The molecular weight excluding hydrogens is 306 g/mol. The Morgan fingerprint density at radius 3 is 2.68 bits per heavy atom. The standard InChI is InChI=1S/C15H18BrNO2/c1-3-8-18-13-7-5-11(9-12(13)16)15(17)14-6-4-10(2)19-14/h4-7,9,15H,3,8,17H2,1-2H3. The highest BCUT2D eigenvalue weighted by molar-refractivity contribution is 9.10. The van der Waals surface area contributed by atoms with E-state index in [1.807, 2.05) is 37.3 Å². The fraction of sp³-hybridized carbons (Fsp3) is 0.333. The smallest absolute Gasteiger partial charge is 0.133 e. The summed E-state index contributed by atoms with van der Waals surface area (Å²) in [4.78, 5) is 0. The van der Waals surface area contributed by atoms with Crippen molar-refractivity contribution in [2.24, 2.45) is 5.73 Å². The van der Waals surface area contributed by atoms with Gasteiger partial charge in [-0.3, -0.25) is 0 Å². The number of rotatable bonds is 5. The highest BCUT2D eigenvalue weighted by atomic mass is 79.9. The molecule has 0 saturated carbocycles. The lowest BCUT2D eigenvalue weighted by molar-refractivity contribution is 0.315.